The summed E-state index contributed by atoms with van der Waals surface area (Å²) < 4.78 is 36.1. The van der Waals surface area contributed by atoms with Crippen LogP contribution in [0.4, 0.5) is 5.69 Å². The minimum atomic E-state index is -3.86. The summed E-state index contributed by atoms with van der Waals surface area (Å²) in [5.41, 5.74) is 0.760. The van der Waals surface area contributed by atoms with Crippen molar-refractivity contribution in [3.05, 3.63) is 57.6 Å². The lowest BCUT2D eigenvalue weighted by Crippen LogP contribution is -2.22. The van der Waals surface area contributed by atoms with Crippen LogP contribution in [0, 0.1) is 17.0 Å². The highest BCUT2D eigenvalue weighted by Gasteiger charge is 2.23. The summed E-state index contributed by atoms with van der Waals surface area (Å²) in [7, 11) is -2.61. The molecule has 2 aromatic carbocycles. The van der Waals surface area contributed by atoms with Gasteiger partial charge in [-0.2, -0.15) is 17.9 Å². The first-order valence-electron chi connectivity index (χ1n) is 7.46. The smallest absolute Gasteiger partial charge is 0.282 e. The molecule has 0 bridgehead atoms. The lowest BCUT2D eigenvalue weighted by molar-refractivity contribution is -0.385. The second kappa shape index (κ2) is 6.64. The zero-order chi connectivity index (χ0) is 18.9. The van der Waals surface area contributed by atoms with E-state index in [1.807, 2.05) is 6.92 Å². The van der Waals surface area contributed by atoms with Crippen LogP contribution in [0.15, 0.2) is 46.4 Å². The summed E-state index contributed by atoms with van der Waals surface area (Å²) >= 11 is 0. The molecule has 10 heteroatoms. The van der Waals surface area contributed by atoms with Crippen LogP contribution < -0.4 is 9.47 Å². The van der Waals surface area contributed by atoms with E-state index in [1.54, 1.807) is 12.1 Å². The molecule has 0 saturated carbocycles. The Morgan fingerprint density at radius 2 is 1.81 bits per heavy atom. The fraction of sp³-hybridized carbons (Fsp3) is 0.188. The molecule has 0 aliphatic carbocycles. The summed E-state index contributed by atoms with van der Waals surface area (Å²) in [4.78, 5) is 10.7. The normalized spacial score (nSPS) is 13.2. The van der Waals surface area contributed by atoms with Crippen molar-refractivity contribution >= 4 is 21.9 Å². The molecule has 0 spiro atoms. The van der Waals surface area contributed by atoms with E-state index in [-0.39, 0.29) is 28.7 Å². The van der Waals surface area contributed by atoms with Crippen molar-refractivity contribution in [2.45, 2.75) is 11.8 Å². The van der Waals surface area contributed by atoms with Crippen molar-refractivity contribution in [2.75, 3.05) is 13.8 Å². The first-order chi connectivity index (χ1) is 12.3. The van der Waals surface area contributed by atoms with Gasteiger partial charge in [-0.3, -0.25) is 10.1 Å². The van der Waals surface area contributed by atoms with Crippen LogP contribution in [0.1, 0.15) is 11.1 Å². The van der Waals surface area contributed by atoms with Gasteiger partial charge in [0.05, 0.1) is 27.7 Å². The molecule has 0 fully saturated rings. The van der Waals surface area contributed by atoms with Crippen LogP contribution in [0.2, 0.25) is 0 Å². The average Bonchev–Trinajstić information content (AvgIpc) is 3.06. The van der Waals surface area contributed by atoms with Crippen molar-refractivity contribution in [1.29, 1.82) is 0 Å². The van der Waals surface area contributed by atoms with E-state index in [2.05, 4.69) is 5.10 Å². The molecule has 2 aromatic rings. The Hall–Kier alpha value is -3.14. The number of hydrogen-bond acceptors (Lipinski definition) is 7. The van der Waals surface area contributed by atoms with Gasteiger partial charge in [-0.05, 0) is 25.1 Å². The first-order valence-corrected chi connectivity index (χ1v) is 8.90. The van der Waals surface area contributed by atoms with Crippen LogP contribution in [-0.2, 0) is 10.0 Å². The maximum absolute atomic E-state index is 12.5. The maximum Gasteiger partial charge on any atom is 0.282 e. The third kappa shape index (κ3) is 3.31. The average molecular weight is 377 g/mol. The summed E-state index contributed by atoms with van der Waals surface area (Å²) in [5, 5.41) is 15.1. The summed E-state index contributed by atoms with van der Waals surface area (Å²) in [6, 6.07) is 8.90. The number of hydrazone groups is 1. The van der Waals surface area contributed by atoms with Gasteiger partial charge in [0.25, 0.3) is 15.7 Å². The van der Waals surface area contributed by atoms with E-state index >= 15 is 0 Å². The minimum Gasteiger partial charge on any atom is -0.454 e. The van der Waals surface area contributed by atoms with Crippen LogP contribution in [-0.4, -0.2) is 37.8 Å². The van der Waals surface area contributed by atoms with Crippen molar-refractivity contribution < 1.29 is 22.8 Å². The van der Waals surface area contributed by atoms with E-state index in [0.29, 0.717) is 5.75 Å². The molecule has 0 saturated heterocycles. The van der Waals surface area contributed by atoms with Crippen LogP contribution in [0.3, 0.4) is 0 Å². The highest BCUT2D eigenvalue weighted by atomic mass is 32.2. The number of sulfonamides is 1. The van der Waals surface area contributed by atoms with Gasteiger partial charge in [-0.1, -0.05) is 17.7 Å². The topological polar surface area (TPSA) is 111 Å². The number of nitro benzene ring substituents is 1. The molecule has 26 heavy (non-hydrogen) atoms. The van der Waals surface area contributed by atoms with E-state index in [0.717, 1.165) is 16.2 Å². The molecule has 0 aromatic heterocycles. The quantitative estimate of drug-likeness (QED) is 0.449. The molecule has 0 atom stereocenters. The van der Waals surface area contributed by atoms with Gasteiger partial charge in [0, 0.05) is 7.05 Å². The number of nitro groups is 1. The maximum atomic E-state index is 12.5. The molecular weight excluding hydrogens is 362 g/mol. The molecule has 1 aliphatic rings. The van der Waals surface area contributed by atoms with Crippen LogP contribution in [0.25, 0.3) is 0 Å². The number of rotatable bonds is 5. The molecule has 9 nitrogen and oxygen atoms in total. The van der Waals surface area contributed by atoms with E-state index < -0.39 is 14.9 Å². The monoisotopic (exact) mass is 377 g/mol. The lowest BCUT2D eigenvalue weighted by atomic mass is 10.1. The summed E-state index contributed by atoms with van der Waals surface area (Å²) in [6.45, 7) is 1.81. The SMILES string of the molecule is Cc1ccc(S(=O)(=O)N(C)N=Cc2cc3c(cc2[N+](=O)[O-])OCO3)cc1. The van der Waals surface area contributed by atoms with Crippen molar-refractivity contribution in [2.24, 2.45) is 5.10 Å². The Morgan fingerprint density at radius 1 is 1.19 bits per heavy atom. The Bertz CT molecular complexity index is 986. The van der Waals surface area contributed by atoms with Gasteiger partial charge in [0.2, 0.25) is 6.79 Å². The molecule has 0 N–H and O–H groups in total. The van der Waals surface area contributed by atoms with Gasteiger partial charge in [0.15, 0.2) is 11.5 Å². The first kappa shape index (κ1) is 17.7. The van der Waals surface area contributed by atoms with Gasteiger partial charge in [0.1, 0.15) is 0 Å². The number of hydrogen-bond donors (Lipinski definition) is 0. The summed E-state index contributed by atoms with van der Waals surface area (Å²) in [6.07, 6.45) is 1.10. The van der Waals surface area contributed by atoms with E-state index in [1.165, 1.54) is 31.3 Å². The summed E-state index contributed by atoms with van der Waals surface area (Å²) in [5.74, 6) is 0.593. The number of ether oxygens (including phenoxy) is 2. The van der Waals surface area contributed by atoms with Crippen molar-refractivity contribution in [3.8, 4) is 11.5 Å². The third-order valence-electron chi connectivity index (χ3n) is 3.74. The largest absolute Gasteiger partial charge is 0.454 e. The number of aryl methyl sites for hydroxylation is 1. The number of fused-ring (bicyclic) bond motifs is 1. The molecule has 0 unspecified atom stereocenters. The molecular formula is C16H15N3O6S. The Kier molecular flexibility index (Phi) is 4.51. The van der Waals surface area contributed by atoms with Gasteiger partial charge >= 0.3 is 0 Å². The molecule has 0 radical (unpaired) electrons. The fourth-order valence-corrected chi connectivity index (χ4v) is 3.23. The molecule has 1 heterocycles. The van der Waals surface area contributed by atoms with Gasteiger partial charge in [-0.25, -0.2) is 0 Å². The third-order valence-corrected chi connectivity index (χ3v) is 5.40. The van der Waals surface area contributed by atoms with Crippen LogP contribution >= 0.6 is 0 Å². The lowest BCUT2D eigenvalue weighted by Gasteiger charge is -2.13. The molecule has 1 aliphatic heterocycles. The second-order valence-corrected chi connectivity index (χ2v) is 7.47. The zero-order valence-corrected chi connectivity index (χ0v) is 14.8. The fourth-order valence-electron chi connectivity index (χ4n) is 2.28. The highest BCUT2D eigenvalue weighted by Crippen LogP contribution is 2.37. The van der Waals surface area contributed by atoms with Crippen molar-refractivity contribution in [1.82, 2.24) is 4.41 Å². The van der Waals surface area contributed by atoms with E-state index in [4.69, 9.17) is 9.47 Å². The predicted octanol–water partition coefficient (Wildman–Crippen LogP) is 2.29. The number of nitrogens with zero attached hydrogens (tertiary/aromatic N) is 3. The minimum absolute atomic E-state index is 0.0329. The van der Waals surface area contributed by atoms with Gasteiger partial charge in [-0.15, -0.1) is 0 Å². The Labute approximate surface area is 149 Å². The van der Waals surface area contributed by atoms with Crippen LogP contribution in [0.5, 0.6) is 11.5 Å². The molecule has 0 amide bonds. The van der Waals surface area contributed by atoms with E-state index in [9.17, 15) is 18.5 Å². The molecule has 3 rings (SSSR count). The standard InChI is InChI=1S/C16H15N3O6S/c1-11-3-5-13(6-4-11)26(22,23)18(2)17-9-12-7-15-16(25-10-24-15)8-14(12)19(20)21/h3-9H,10H2,1-2H3. The predicted molar refractivity (Wildman–Crippen MR) is 92.9 cm³/mol. The second-order valence-electron chi connectivity index (χ2n) is 5.52. The Balaban J connectivity index is 1.92. The number of benzene rings is 2. The zero-order valence-electron chi connectivity index (χ0n) is 13.9. The highest BCUT2D eigenvalue weighted by molar-refractivity contribution is 7.89. The van der Waals surface area contributed by atoms with Crippen molar-refractivity contribution in [3.63, 3.8) is 0 Å². The van der Waals surface area contributed by atoms with Gasteiger partial charge < -0.3 is 9.47 Å². The molecule has 136 valence electrons. The Morgan fingerprint density at radius 3 is 2.42 bits per heavy atom.